The molecule has 0 aliphatic heterocycles. The number of carbonyl (C=O) groups excluding carboxylic acids is 1. The molecule has 3 rings (SSSR count). The van der Waals surface area contributed by atoms with Crippen molar-refractivity contribution in [3.63, 3.8) is 0 Å². The third-order valence-electron chi connectivity index (χ3n) is 5.63. The summed E-state index contributed by atoms with van der Waals surface area (Å²) in [6.45, 7) is 4.94. The first-order valence-corrected chi connectivity index (χ1v) is 11.6. The quantitative estimate of drug-likeness (QED) is 0.357. The van der Waals surface area contributed by atoms with Gasteiger partial charge in [0.1, 0.15) is 35.2 Å². The van der Waals surface area contributed by atoms with Crippen LogP contribution < -0.4 is 9.47 Å². The number of aromatic nitrogens is 1. The maximum absolute atomic E-state index is 13.7. The number of aliphatic hydroxyl groups is 2. The zero-order valence-electron chi connectivity index (χ0n) is 20.1. The highest BCUT2D eigenvalue weighted by Crippen LogP contribution is 2.34. The number of methoxy groups -OCH3 is 1. The number of pyridine rings is 1. The van der Waals surface area contributed by atoms with E-state index < -0.39 is 11.7 Å². The molecule has 6 nitrogen and oxygen atoms in total. The maximum Gasteiger partial charge on any atom is 0.163 e. The second-order valence-corrected chi connectivity index (χ2v) is 9.12. The number of rotatable bonds is 10. The Hall–Kier alpha value is -3.00. The van der Waals surface area contributed by atoms with Gasteiger partial charge in [-0.2, -0.15) is 0 Å². The van der Waals surface area contributed by atoms with Crippen molar-refractivity contribution in [2.24, 2.45) is 0 Å². The average molecular weight is 502 g/mol. The van der Waals surface area contributed by atoms with Crippen LogP contribution in [0.25, 0.3) is 11.3 Å². The third kappa shape index (κ3) is 6.57. The van der Waals surface area contributed by atoms with Crippen LogP contribution in [0.15, 0.2) is 48.5 Å². The van der Waals surface area contributed by atoms with E-state index >= 15 is 0 Å². The van der Waals surface area contributed by atoms with Crippen molar-refractivity contribution in [1.82, 2.24) is 4.98 Å². The molecule has 0 saturated heterocycles. The smallest absolute Gasteiger partial charge is 0.163 e. The van der Waals surface area contributed by atoms with Crippen LogP contribution >= 0.6 is 11.6 Å². The molecule has 186 valence electrons. The summed E-state index contributed by atoms with van der Waals surface area (Å²) in [6, 6.07) is 12.7. The second-order valence-electron chi connectivity index (χ2n) is 8.71. The normalized spacial score (nSPS) is 13.7. The number of aryl methyl sites for hydroxylation is 1. The fourth-order valence-electron chi connectivity index (χ4n) is 3.54. The Bertz CT molecular complexity index is 1210. The summed E-state index contributed by atoms with van der Waals surface area (Å²) in [4.78, 5) is 17.4. The van der Waals surface area contributed by atoms with Crippen molar-refractivity contribution in [2.75, 3.05) is 13.7 Å². The van der Waals surface area contributed by atoms with Gasteiger partial charge in [0, 0.05) is 17.5 Å². The highest BCUT2D eigenvalue weighted by atomic mass is 35.5. The first-order valence-electron chi connectivity index (χ1n) is 11.2. The van der Waals surface area contributed by atoms with Crippen LogP contribution in [0.1, 0.15) is 48.3 Å². The number of hydrogen-bond donors (Lipinski definition) is 2. The predicted octanol–water partition coefficient (Wildman–Crippen LogP) is 5.49. The van der Waals surface area contributed by atoms with Crippen LogP contribution in [-0.4, -0.2) is 40.8 Å². The molecule has 0 aliphatic rings. The lowest BCUT2D eigenvalue weighted by atomic mass is 9.92. The molecule has 0 fully saturated rings. The van der Waals surface area contributed by atoms with Gasteiger partial charge in [-0.05, 0) is 81.3 Å². The molecule has 0 amide bonds. The number of Topliss-reactive ketones (excluding diaryl/α,β-unsaturated/α-hetero) is 1. The van der Waals surface area contributed by atoms with E-state index in [1.54, 1.807) is 57.2 Å². The minimum Gasteiger partial charge on any atom is -0.494 e. The molecule has 0 radical (unpaired) electrons. The third-order valence-corrected chi connectivity index (χ3v) is 5.93. The Morgan fingerprint density at radius 3 is 2.51 bits per heavy atom. The van der Waals surface area contributed by atoms with Gasteiger partial charge in [-0.1, -0.05) is 11.6 Å². The standard InChI is InChI=1S/C27H29ClFNO5/c1-16-13-19(5-7-21(16)29)26-24(34-4)9-10-25(30-26)27(3,33)12-11-22(32)18-6-8-23(20(28)14-18)35-15-17(2)31/h5-10,13-14,17,31,33H,11-12,15H2,1-4H3/t17-,27?/m0/s1. The van der Waals surface area contributed by atoms with Gasteiger partial charge in [0.05, 0.1) is 23.9 Å². The summed E-state index contributed by atoms with van der Waals surface area (Å²) in [6.07, 6.45) is -0.477. The zero-order valence-corrected chi connectivity index (χ0v) is 20.9. The molecule has 8 heteroatoms. The Kier molecular flexibility index (Phi) is 8.48. The summed E-state index contributed by atoms with van der Waals surface area (Å²) in [5.74, 6) is 0.343. The van der Waals surface area contributed by atoms with Gasteiger partial charge in [-0.15, -0.1) is 0 Å². The first kappa shape index (κ1) is 26.6. The van der Waals surface area contributed by atoms with E-state index in [-0.39, 0.29) is 36.1 Å². The van der Waals surface area contributed by atoms with Gasteiger partial charge < -0.3 is 19.7 Å². The van der Waals surface area contributed by atoms with Crippen LogP contribution in [0.5, 0.6) is 11.5 Å². The molecule has 3 aromatic rings. The largest absolute Gasteiger partial charge is 0.494 e. The summed E-state index contributed by atoms with van der Waals surface area (Å²) in [5.41, 5.74) is 0.940. The van der Waals surface area contributed by atoms with Crippen molar-refractivity contribution in [1.29, 1.82) is 0 Å². The molecule has 35 heavy (non-hydrogen) atoms. The van der Waals surface area contributed by atoms with Crippen LogP contribution in [-0.2, 0) is 5.60 Å². The van der Waals surface area contributed by atoms with Gasteiger partial charge in [0.2, 0.25) is 0 Å². The molecule has 0 spiro atoms. The molecule has 2 aromatic carbocycles. The topological polar surface area (TPSA) is 88.9 Å². The zero-order chi connectivity index (χ0) is 25.8. The SMILES string of the molecule is COc1ccc(C(C)(O)CCC(=O)c2ccc(OC[C@H](C)O)c(Cl)c2)nc1-c1ccc(F)c(C)c1. The number of nitrogens with zero attached hydrogens (tertiary/aromatic N) is 1. The summed E-state index contributed by atoms with van der Waals surface area (Å²) in [5, 5.41) is 20.8. The van der Waals surface area contributed by atoms with E-state index in [1.165, 1.54) is 19.2 Å². The first-order chi connectivity index (χ1) is 16.5. The molecule has 0 bridgehead atoms. The lowest BCUT2D eigenvalue weighted by Crippen LogP contribution is -2.24. The van der Waals surface area contributed by atoms with E-state index in [2.05, 4.69) is 4.98 Å². The minimum absolute atomic E-state index is 0.0515. The van der Waals surface area contributed by atoms with E-state index in [4.69, 9.17) is 21.1 Å². The average Bonchev–Trinajstić information content (AvgIpc) is 2.83. The Morgan fingerprint density at radius 1 is 1.17 bits per heavy atom. The highest BCUT2D eigenvalue weighted by Gasteiger charge is 2.27. The molecule has 0 aliphatic carbocycles. The van der Waals surface area contributed by atoms with Gasteiger partial charge in [-0.3, -0.25) is 4.79 Å². The molecule has 2 atom stereocenters. The number of halogens is 2. The summed E-state index contributed by atoms with van der Waals surface area (Å²) in [7, 11) is 1.51. The van der Waals surface area contributed by atoms with E-state index in [1.807, 2.05) is 0 Å². The van der Waals surface area contributed by atoms with Crippen molar-refractivity contribution < 1.29 is 28.9 Å². The van der Waals surface area contributed by atoms with Gasteiger partial charge in [0.25, 0.3) is 0 Å². The maximum atomic E-state index is 13.7. The monoisotopic (exact) mass is 501 g/mol. The Morgan fingerprint density at radius 2 is 1.89 bits per heavy atom. The Labute approximate surface area is 209 Å². The molecule has 2 N–H and O–H groups in total. The number of ether oxygens (including phenoxy) is 2. The summed E-state index contributed by atoms with van der Waals surface area (Å²) < 4.78 is 24.6. The molecule has 0 saturated carbocycles. The fourth-order valence-corrected chi connectivity index (χ4v) is 3.78. The summed E-state index contributed by atoms with van der Waals surface area (Å²) >= 11 is 6.21. The van der Waals surface area contributed by atoms with Gasteiger partial charge in [-0.25, -0.2) is 9.37 Å². The number of ketones is 1. The molecular formula is C27H29ClFNO5. The predicted molar refractivity (Wildman–Crippen MR) is 133 cm³/mol. The minimum atomic E-state index is -1.41. The van der Waals surface area contributed by atoms with Crippen molar-refractivity contribution in [3.05, 3.63) is 76.2 Å². The fraction of sp³-hybridized carbons (Fsp3) is 0.333. The van der Waals surface area contributed by atoms with Crippen LogP contribution in [0.4, 0.5) is 4.39 Å². The van der Waals surface area contributed by atoms with E-state index in [9.17, 15) is 19.4 Å². The number of aliphatic hydroxyl groups excluding tert-OH is 1. The van der Waals surface area contributed by atoms with E-state index in [0.717, 1.165) is 0 Å². The molecule has 1 unspecified atom stereocenters. The van der Waals surface area contributed by atoms with Gasteiger partial charge >= 0.3 is 0 Å². The number of benzene rings is 2. The van der Waals surface area contributed by atoms with Crippen molar-refractivity contribution in [3.8, 4) is 22.8 Å². The Balaban J connectivity index is 1.77. The van der Waals surface area contributed by atoms with Crippen LogP contribution in [0.3, 0.4) is 0 Å². The van der Waals surface area contributed by atoms with Gasteiger partial charge in [0.15, 0.2) is 5.78 Å². The van der Waals surface area contributed by atoms with Crippen LogP contribution in [0, 0.1) is 12.7 Å². The van der Waals surface area contributed by atoms with E-state index in [0.29, 0.717) is 39.6 Å². The molecular weight excluding hydrogens is 473 g/mol. The molecule has 1 aromatic heterocycles. The van der Waals surface area contributed by atoms with Crippen LogP contribution in [0.2, 0.25) is 5.02 Å². The highest BCUT2D eigenvalue weighted by molar-refractivity contribution is 6.32. The molecule has 1 heterocycles. The lowest BCUT2D eigenvalue weighted by Gasteiger charge is -2.24. The number of carbonyl (C=O) groups is 1. The number of hydrogen-bond acceptors (Lipinski definition) is 6. The lowest BCUT2D eigenvalue weighted by molar-refractivity contribution is 0.0397. The second kappa shape index (κ2) is 11.2. The van der Waals surface area contributed by atoms with Crippen molar-refractivity contribution >= 4 is 17.4 Å². The van der Waals surface area contributed by atoms with Crippen molar-refractivity contribution in [2.45, 2.75) is 45.3 Å².